The summed E-state index contributed by atoms with van der Waals surface area (Å²) in [4.78, 5) is 16.6. The van der Waals surface area contributed by atoms with Gasteiger partial charge in [-0.1, -0.05) is 71.4 Å². The predicted octanol–water partition coefficient (Wildman–Crippen LogP) is 5.80. The van der Waals surface area contributed by atoms with Gasteiger partial charge in [-0.2, -0.15) is 0 Å². The van der Waals surface area contributed by atoms with Crippen LogP contribution >= 0.6 is 11.8 Å². The molecule has 0 atom stereocenters. The second-order valence-electron chi connectivity index (χ2n) is 7.49. The smallest absolute Gasteiger partial charge is 0.341 e. The van der Waals surface area contributed by atoms with Gasteiger partial charge in [0.05, 0.1) is 12.9 Å². The molecule has 0 N–H and O–H groups in total. The van der Waals surface area contributed by atoms with Crippen molar-refractivity contribution in [3.63, 3.8) is 0 Å². The van der Waals surface area contributed by atoms with E-state index in [-0.39, 0.29) is 0 Å². The second-order valence-corrected chi connectivity index (χ2v) is 8.43. The third kappa shape index (κ3) is 4.73. The van der Waals surface area contributed by atoms with E-state index in [1.807, 2.05) is 24.3 Å². The molecule has 0 unspecified atom stereocenters. The number of benzene rings is 2. The zero-order chi connectivity index (χ0) is 22.7. The van der Waals surface area contributed by atoms with E-state index >= 15 is 0 Å². The predicted molar refractivity (Wildman–Crippen MR) is 125 cm³/mol. The van der Waals surface area contributed by atoms with E-state index in [2.05, 4.69) is 48.3 Å². The average molecular weight is 446 g/mol. The lowest BCUT2D eigenvalue weighted by Gasteiger charge is -2.10. The minimum absolute atomic E-state index is 0.412. The molecule has 2 heterocycles. The molecular weight excluding hydrogens is 422 g/mol. The molecule has 2 aromatic carbocycles. The number of furan rings is 1. The Kier molecular flexibility index (Phi) is 6.37. The van der Waals surface area contributed by atoms with Crippen LogP contribution < -0.4 is 0 Å². The van der Waals surface area contributed by atoms with Gasteiger partial charge in [0.2, 0.25) is 5.16 Å². The average Bonchev–Trinajstić information content (AvgIpc) is 3.18. The van der Waals surface area contributed by atoms with E-state index < -0.39 is 5.97 Å². The summed E-state index contributed by atoms with van der Waals surface area (Å²) >= 11 is 1.40. The highest BCUT2D eigenvalue weighted by atomic mass is 32.2. The molecule has 4 aromatic rings. The molecule has 0 spiro atoms. The Labute approximate surface area is 191 Å². The fraction of sp³-hybridized carbons (Fsp3) is 0.200. The highest BCUT2D eigenvalue weighted by Gasteiger charge is 2.17. The Balaban J connectivity index is 1.65. The summed E-state index contributed by atoms with van der Waals surface area (Å²) < 4.78 is 10.5. The monoisotopic (exact) mass is 445 g/mol. The number of thioether (sulfide) groups is 1. The zero-order valence-corrected chi connectivity index (χ0v) is 19.2. The van der Waals surface area contributed by atoms with Gasteiger partial charge in [-0.3, -0.25) is 0 Å². The fourth-order valence-electron chi connectivity index (χ4n) is 3.25. The SMILES string of the molecule is COC(=O)c1cc(CSc2nnc(-c3ccc(C)cc3)c(-c3ccc(C)cc3)n2)oc1C. The van der Waals surface area contributed by atoms with Crippen LogP contribution in [0.4, 0.5) is 0 Å². The number of aryl methyl sites for hydroxylation is 3. The summed E-state index contributed by atoms with van der Waals surface area (Å²) in [7, 11) is 1.35. The van der Waals surface area contributed by atoms with Crippen LogP contribution in [0.5, 0.6) is 0 Å². The number of methoxy groups -OCH3 is 1. The molecular formula is C25H23N3O3S. The highest BCUT2D eigenvalue weighted by molar-refractivity contribution is 7.98. The van der Waals surface area contributed by atoms with Gasteiger partial charge < -0.3 is 9.15 Å². The number of ether oxygens (including phenoxy) is 1. The molecule has 0 aliphatic rings. The molecule has 6 nitrogen and oxygen atoms in total. The maximum absolute atomic E-state index is 11.8. The molecule has 162 valence electrons. The summed E-state index contributed by atoms with van der Waals surface area (Å²) in [6, 6.07) is 18.1. The molecule has 0 fully saturated rings. The van der Waals surface area contributed by atoms with Crippen LogP contribution in [0.15, 0.2) is 64.2 Å². The maximum Gasteiger partial charge on any atom is 0.341 e. The van der Waals surface area contributed by atoms with Crippen LogP contribution in [0.25, 0.3) is 22.5 Å². The van der Waals surface area contributed by atoms with Crippen molar-refractivity contribution in [2.75, 3.05) is 7.11 Å². The van der Waals surface area contributed by atoms with Crippen LogP contribution in [0.1, 0.15) is 33.0 Å². The number of aromatic nitrogens is 3. The van der Waals surface area contributed by atoms with Crippen molar-refractivity contribution in [2.24, 2.45) is 0 Å². The van der Waals surface area contributed by atoms with Gasteiger partial charge in [-0.15, -0.1) is 10.2 Å². The summed E-state index contributed by atoms with van der Waals surface area (Å²) in [6.45, 7) is 5.85. The lowest BCUT2D eigenvalue weighted by Crippen LogP contribution is -2.00. The fourth-order valence-corrected chi connectivity index (χ4v) is 3.92. The molecule has 0 saturated heterocycles. The van der Waals surface area contributed by atoms with Crippen LogP contribution in [0.3, 0.4) is 0 Å². The Bertz CT molecular complexity index is 1250. The molecule has 0 saturated carbocycles. The maximum atomic E-state index is 11.8. The summed E-state index contributed by atoms with van der Waals surface area (Å²) in [5, 5.41) is 9.39. The molecule has 0 aliphatic carbocycles. The molecule has 0 amide bonds. The van der Waals surface area contributed by atoms with E-state index in [1.165, 1.54) is 30.0 Å². The number of carbonyl (C=O) groups is 1. The van der Waals surface area contributed by atoms with Gasteiger partial charge in [0.25, 0.3) is 0 Å². The van der Waals surface area contributed by atoms with Gasteiger partial charge in [-0.25, -0.2) is 9.78 Å². The van der Waals surface area contributed by atoms with E-state index in [0.717, 1.165) is 22.5 Å². The van der Waals surface area contributed by atoms with Crippen LogP contribution in [-0.2, 0) is 10.5 Å². The van der Waals surface area contributed by atoms with Crippen molar-refractivity contribution in [3.05, 3.63) is 82.8 Å². The van der Waals surface area contributed by atoms with E-state index in [1.54, 1.807) is 13.0 Å². The van der Waals surface area contributed by atoms with E-state index in [4.69, 9.17) is 14.1 Å². The highest BCUT2D eigenvalue weighted by Crippen LogP contribution is 2.31. The molecule has 2 aromatic heterocycles. The molecule has 0 aliphatic heterocycles. The Hall–Kier alpha value is -3.45. The number of esters is 1. The molecule has 0 bridgehead atoms. The first kappa shape index (κ1) is 21.8. The number of carbonyl (C=O) groups excluding carboxylic acids is 1. The third-order valence-electron chi connectivity index (χ3n) is 5.03. The standard InChI is InChI=1S/C25H23N3O3S/c1-15-5-9-18(10-6-15)22-23(19-11-7-16(2)8-12-19)27-28-25(26-22)32-14-20-13-21(17(3)31-20)24(29)30-4/h5-13H,14H2,1-4H3. The minimum atomic E-state index is -0.412. The first-order valence-electron chi connectivity index (χ1n) is 10.1. The second kappa shape index (κ2) is 9.36. The van der Waals surface area contributed by atoms with Gasteiger partial charge >= 0.3 is 5.97 Å². The zero-order valence-electron chi connectivity index (χ0n) is 18.4. The Morgan fingerprint density at radius 1 is 0.906 bits per heavy atom. The largest absolute Gasteiger partial charge is 0.465 e. The molecule has 0 radical (unpaired) electrons. The van der Waals surface area contributed by atoms with Gasteiger partial charge in [0, 0.05) is 11.1 Å². The van der Waals surface area contributed by atoms with Crippen molar-refractivity contribution in [3.8, 4) is 22.5 Å². The quantitative estimate of drug-likeness (QED) is 0.274. The van der Waals surface area contributed by atoms with Crippen molar-refractivity contribution >= 4 is 17.7 Å². The summed E-state index contributed by atoms with van der Waals surface area (Å²) in [6.07, 6.45) is 0. The third-order valence-corrected chi connectivity index (χ3v) is 5.89. The van der Waals surface area contributed by atoms with Crippen molar-refractivity contribution in [1.82, 2.24) is 15.2 Å². The summed E-state index contributed by atoms with van der Waals surface area (Å²) in [5.74, 6) is 1.23. The van der Waals surface area contributed by atoms with Crippen molar-refractivity contribution < 1.29 is 13.9 Å². The lowest BCUT2D eigenvalue weighted by atomic mass is 10.0. The van der Waals surface area contributed by atoms with Crippen LogP contribution in [0.2, 0.25) is 0 Å². The number of hydrogen-bond donors (Lipinski definition) is 0. The van der Waals surface area contributed by atoms with Crippen LogP contribution in [-0.4, -0.2) is 28.3 Å². The normalized spacial score (nSPS) is 10.9. The topological polar surface area (TPSA) is 78.1 Å². The number of rotatable bonds is 6. The van der Waals surface area contributed by atoms with E-state index in [9.17, 15) is 4.79 Å². The molecule has 4 rings (SSSR count). The number of hydrogen-bond acceptors (Lipinski definition) is 7. The Morgan fingerprint density at radius 2 is 1.50 bits per heavy atom. The first-order valence-corrected chi connectivity index (χ1v) is 11.1. The molecule has 32 heavy (non-hydrogen) atoms. The van der Waals surface area contributed by atoms with Gasteiger partial charge in [0.1, 0.15) is 28.5 Å². The van der Waals surface area contributed by atoms with E-state index in [0.29, 0.717) is 28.0 Å². The Morgan fingerprint density at radius 3 is 2.09 bits per heavy atom. The van der Waals surface area contributed by atoms with Crippen LogP contribution in [0, 0.1) is 20.8 Å². The lowest BCUT2D eigenvalue weighted by molar-refractivity contribution is 0.0599. The molecule has 7 heteroatoms. The van der Waals surface area contributed by atoms with Crippen molar-refractivity contribution in [2.45, 2.75) is 31.7 Å². The summed E-state index contributed by atoms with van der Waals surface area (Å²) in [5.41, 5.74) is 6.24. The number of nitrogens with zero attached hydrogens (tertiary/aromatic N) is 3. The first-order chi connectivity index (χ1) is 15.4. The van der Waals surface area contributed by atoms with Gasteiger partial charge in [0.15, 0.2) is 0 Å². The van der Waals surface area contributed by atoms with Gasteiger partial charge in [-0.05, 0) is 26.8 Å². The minimum Gasteiger partial charge on any atom is -0.465 e. The van der Waals surface area contributed by atoms with Crippen molar-refractivity contribution in [1.29, 1.82) is 0 Å².